The SMILES string of the molecule is CCC(O)(c1ccncc1)c1cc(-c2c[nH]c3ncc(-c4cnn(C)c4)cc23)nc(N)n1. The van der Waals surface area contributed by atoms with E-state index in [1.54, 1.807) is 47.7 Å². The summed E-state index contributed by atoms with van der Waals surface area (Å²) in [6.45, 7) is 1.90. The minimum absolute atomic E-state index is 0.0872. The number of aromatic nitrogens is 7. The Labute approximate surface area is 184 Å². The van der Waals surface area contributed by atoms with Crippen molar-refractivity contribution in [3.8, 4) is 22.4 Å². The molecule has 0 radical (unpaired) electrons. The second-order valence-corrected chi connectivity index (χ2v) is 7.67. The number of pyridine rings is 2. The van der Waals surface area contributed by atoms with Gasteiger partial charge in [-0.25, -0.2) is 15.0 Å². The lowest BCUT2D eigenvalue weighted by Crippen LogP contribution is -2.28. The lowest BCUT2D eigenvalue weighted by Gasteiger charge is -2.27. The second kappa shape index (κ2) is 7.54. The highest BCUT2D eigenvalue weighted by molar-refractivity contribution is 5.95. The van der Waals surface area contributed by atoms with Crippen molar-refractivity contribution in [1.82, 2.24) is 34.7 Å². The van der Waals surface area contributed by atoms with Gasteiger partial charge in [0.1, 0.15) is 11.2 Å². The van der Waals surface area contributed by atoms with E-state index in [2.05, 4.69) is 30.0 Å². The molecule has 5 aromatic heterocycles. The molecule has 9 heteroatoms. The van der Waals surface area contributed by atoms with E-state index in [9.17, 15) is 5.11 Å². The first-order chi connectivity index (χ1) is 15.5. The maximum atomic E-state index is 11.5. The van der Waals surface area contributed by atoms with Gasteiger partial charge in [0.15, 0.2) is 0 Å². The minimum atomic E-state index is -1.32. The molecule has 0 bridgehead atoms. The van der Waals surface area contributed by atoms with Crippen LogP contribution in [0.5, 0.6) is 0 Å². The van der Waals surface area contributed by atoms with Crippen LogP contribution < -0.4 is 5.73 Å². The van der Waals surface area contributed by atoms with Crippen LogP contribution in [0, 0.1) is 0 Å². The molecule has 32 heavy (non-hydrogen) atoms. The number of aromatic amines is 1. The van der Waals surface area contributed by atoms with Crippen LogP contribution in [0.4, 0.5) is 5.95 Å². The normalized spacial score (nSPS) is 13.3. The lowest BCUT2D eigenvalue weighted by molar-refractivity contribution is 0.0719. The fraction of sp³-hybridized carbons (Fsp3) is 0.174. The van der Waals surface area contributed by atoms with Crippen LogP contribution in [0.1, 0.15) is 24.6 Å². The summed E-state index contributed by atoms with van der Waals surface area (Å²) in [4.78, 5) is 20.6. The third-order valence-electron chi connectivity index (χ3n) is 5.68. The third-order valence-corrected chi connectivity index (χ3v) is 5.68. The van der Waals surface area contributed by atoms with Crippen molar-refractivity contribution in [3.05, 3.63) is 72.7 Å². The van der Waals surface area contributed by atoms with E-state index in [0.29, 0.717) is 23.4 Å². The molecule has 0 amide bonds. The van der Waals surface area contributed by atoms with Gasteiger partial charge in [-0.3, -0.25) is 9.67 Å². The molecule has 0 saturated heterocycles. The van der Waals surface area contributed by atoms with Crippen LogP contribution in [0.2, 0.25) is 0 Å². The predicted molar refractivity (Wildman–Crippen MR) is 121 cm³/mol. The van der Waals surface area contributed by atoms with Crippen molar-refractivity contribution in [2.75, 3.05) is 5.73 Å². The Morgan fingerprint density at radius 2 is 1.94 bits per heavy atom. The van der Waals surface area contributed by atoms with Crippen LogP contribution in [0.25, 0.3) is 33.4 Å². The van der Waals surface area contributed by atoms with Gasteiger partial charge >= 0.3 is 0 Å². The van der Waals surface area contributed by atoms with Crippen LogP contribution in [0.15, 0.2) is 61.4 Å². The monoisotopic (exact) mass is 426 g/mol. The van der Waals surface area contributed by atoms with Gasteiger partial charge in [-0.2, -0.15) is 5.10 Å². The van der Waals surface area contributed by atoms with E-state index in [1.807, 2.05) is 32.4 Å². The number of rotatable bonds is 5. The number of H-pyrrole nitrogens is 1. The zero-order valence-electron chi connectivity index (χ0n) is 17.7. The summed E-state index contributed by atoms with van der Waals surface area (Å²) in [5, 5.41) is 16.6. The van der Waals surface area contributed by atoms with Gasteiger partial charge in [0.05, 0.1) is 17.6 Å². The molecule has 0 aromatic carbocycles. The Bertz CT molecular complexity index is 1410. The number of fused-ring (bicyclic) bond motifs is 1. The van der Waals surface area contributed by atoms with Gasteiger partial charge < -0.3 is 15.8 Å². The topological polar surface area (TPSA) is 131 Å². The highest BCUT2D eigenvalue weighted by atomic mass is 16.3. The number of nitrogens with two attached hydrogens (primary N) is 1. The molecule has 0 aliphatic heterocycles. The van der Waals surface area contributed by atoms with E-state index in [0.717, 1.165) is 27.7 Å². The largest absolute Gasteiger partial charge is 0.379 e. The number of anilines is 1. The summed E-state index contributed by atoms with van der Waals surface area (Å²) in [5.74, 6) is 0.0872. The quantitative estimate of drug-likeness (QED) is 0.393. The summed E-state index contributed by atoms with van der Waals surface area (Å²) in [6.07, 6.45) is 11.1. The summed E-state index contributed by atoms with van der Waals surface area (Å²) in [7, 11) is 1.88. The standard InChI is InChI=1S/C23H22N8O/c1-3-23(32,16-4-6-25-7-5-16)20-9-19(29-22(24)30-20)18-12-27-21-17(18)8-14(10-26-21)15-11-28-31(2)13-15/h4-13,32H,3H2,1-2H3,(H,26,27)(H2,24,29,30). The number of nitrogens with one attached hydrogen (secondary N) is 1. The number of hydrogen-bond acceptors (Lipinski definition) is 7. The van der Waals surface area contributed by atoms with Gasteiger partial charge in [-0.15, -0.1) is 0 Å². The molecule has 0 fully saturated rings. The maximum absolute atomic E-state index is 11.5. The van der Waals surface area contributed by atoms with Crippen molar-refractivity contribution >= 4 is 17.0 Å². The smallest absolute Gasteiger partial charge is 0.220 e. The van der Waals surface area contributed by atoms with Crippen molar-refractivity contribution in [2.45, 2.75) is 18.9 Å². The molecule has 0 aliphatic rings. The van der Waals surface area contributed by atoms with Crippen molar-refractivity contribution in [3.63, 3.8) is 0 Å². The number of nitrogen functional groups attached to an aromatic ring is 1. The summed E-state index contributed by atoms with van der Waals surface area (Å²) in [6, 6.07) is 7.37. The molecule has 5 rings (SSSR count). The summed E-state index contributed by atoms with van der Waals surface area (Å²) in [5.41, 5.74) is 9.94. The van der Waals surface area contributed by atoms with Gasteiger partial charge in [0.25, 0.3) is 0 Å². The average molecular weight is 426 g/mol. The first-order valence-electron chi connectivity index (χ1n) is 10.2. The highest BCUT2D eigenvalue weighted by Gasteiger charge is 2.32. The fourth-order valence-electron chi connectivity index (χ4n) is 3.92. The Kier molecular flexibility index (Phi) is 4.67. The van der Waals surface area contributed by atoms with Gasteiger partial charge in [0, 0.05) is 60.1 Å². The predicted octanol–water partition coefficient (Wildman–Crippen LogP) is 3.04. The van der Waals surface area contributed by atoms with Crippen molar-refractivity contribution in [2.24, 2.45) is 7.05 Å². The Balaban J connectivity index is 1.65. The van der Waals surface area contributed by atoms with E-state index in [-0.39, 0.29) is 5.95 Å². The minimum Gasteiger partial charge on any atom is -0.379 e. The second-order valence-electron chi connectivity index (χ2n) is 7.67. The number of hydrogen-bond donors (Lipinski definition) is 3. The van der Waals surface area contributed by atoms with Crippen molar-refractivity contribution in [1.29, 1.82) is 0 Å². The van der Waals surface area contributed by atoms with Crippen LogP contribution in [0.3, 0.4) is 0 Å². The zero-order valence-corrected chi connectivity index (χ0v) is 17.7. The third kappa shape index (κ3) is 3.28. The maximum Gasteiger partial charge on any atom is 0.220 e. The molecule has 160 valence electrons. The van der Waals surface area contributed by atoms with Gasteiger partial charge in [-0.1, -0.05) is 6.92 Å². The summed E-state index contributed by atoms with van der Waals surface area (Å²) < 4.78 is 1.75. The lowest BCUT2D eigenvalue weighted by atomic mass is 9.87. The van der Waals surface area contributed by atoms with E-state index < -0.39 is 5.60 Å². The molecular formula is C23H22N8O. The fourth-order valence-corrected chi connectivity index (χ4v) is 3.92. The van der Waals surface area contributed by atoms with Gasteiger partial charge in [0.2, 0.25) is 5.95 Å². The molecule has 0 spiro atoms. The Morgan fingerprint density at radius 1 is 1.12 bits per heavy atom. The van der Waals surface area contributed by atoms with Crippen LogP contribution in [-0.2, 0) is 12.6 Å². The molecule has 1 atom stereocenters. The first-order valence-corrected chi connectivity index (χ1v) is 10.2. The van der Waals surface area contributed by atoms with E-state index in [4.69, 9.17) is 5.73 Å². The number of aryl methyl sites for hydroxylation is 1. The van der Waals surface area contributed by atoms with Crippen molar-refractivity contribution < 1.29 is 5.11 Å². The number of aliphatic hydroxyl groups is 1. The average Bonchev–Trinajstić information content (AvgIpc) is 3.44. The van der Waals surface area contributed by atoms with Crippen LogP contribution >= 0.6 is 0 Å². The Hall–Kier alpha value is -4.11. The molecule has 9 nitrogen and oxygen atoms in total. The molecule has 1 unspecified atom stereocenters. The molecular weight excluding hydrogens is 404 g/mol. The molecule has 5 aromatic rings. The molecule has 4 N–H and O–H groups in total. The first kappa shape index (κ1) is 19.8. The zero-order chi connectivity index (χ0) is 22.3. The van der Waals surface area contributed by atoms with E-state index in [1.165, 1.54) is 0 Å². The number of nitrogens with zero attached hydrogens (tertiary/aromatic N) is 6. The molecule has 5 heterocycles. The molecule has 0 saturated carbocycles. The Morgan fingerprint density at radius 3 is 2.66 bits per heavy atom. The molecule has 0 aliphatic carbocycles. The van der Waals surface area contributed by atoms with Gasteiger partial charge in [-0.05, 0) is 36.2 Å². The van der Waals surface area contributed by atoms with E-state index >= 15 is 0 Å². The van der Waals surface area contributed by atoms with Crippen LogP contribution in [-0.4, -0.2) is 39.8 Å². The highest BCUT2D eigenvalue weighted by Crippen LogP contribution is 2.35. The summed E-state index contributed by atoms with van der Waals surface area (Å²) >= 11 is 0.